The van der Waals surface area contributed by atoms with Gasteiger partial charge in [-0.15, -0.1) is 0 Å². The van der Waals surface area contributed by atoms with E-state index in [0.717, 1.165) is 0 Å². The number of allylic oxidation sites excluding steroid dienone is 2. The normalized spacial score (nSPS) is 43.7. The molecule has 26 heavy (non-hydrogen) atoms. The highest BCUT2D eigenvalue weighted by Gasteiger charge is 2.79. The average Bonchev–Trinajstić information content (AvgIpc) is 3.36. The van der Waals surface area contributed by atoms with Gasteiger partial charge >= 0.3 is 5.54 Å². The summed E-state index contributed by atoms with van der Waals surface area (Å²) in [7, 11) is 0. The van der Waals surface area contributed by atoms with Gasteiger partial charge in [0.15, 0.2) is 0 Å². The lowest BCUT2D eigenvalue weighted by molar-refractivity contribution is -0.811. The van der Waals surface area contributed by atoms with E-state index in [0.29, 0.717) is 17.7 Å². The van der Waals surface area contributed by atoms with Gasteiger partial charge < -0.3 is 10.0 Å². The molecule has 0 unspecified atom stereocenters. The highest BCUT2D eigenvalue weighted by atomic mass is 16.9. The largest absolute Gasteiger partial charge is 0.396 e. The molecule has 5 aliphatic rings. The molecule has 0 radical (unpaired) electrons. The summed E-state index contributed by atoms with van der Waals surface area (Å²) in [5, 5.41) is 41.4. The number of hydrogen-bond acceptors (Lipinski definition) is 7. The molecular formula is C16H14N4O6. The van der Waals surface area contributed by atoms with Crippen molar-refractivity contribution in [2.75, 3.05) is 0 Å². The molecule has 6 rings (SSSR count). The van der Waals surface area contributed by atoms with Gasteiger partial charge in [0.2, 0.25) is 11.4 Å². The molecule has 1 aromatic rings. The summed E-state index contributed by atoms with van der Waals surface area (Å²) in [6.45, 7) is 0. The third kappa shape index (κ3) is 1.29. The van der Waals surface area contributed by atoms with Gasteiger partial charge in [-0.1, -0.05) is 24.3 Å². The Hall–Kier alpha value is -2.91. The van der Waals surface area contributed by atoms with E-state index in [1.54, 1.807) is 12.2 Å². The standard InChI is InChI=1S/C16H14N4O6/c21-18-13-11(9-2-1-3-10(9)25-18)14-15(17-26-19(14)22)16(20(23)24)8-5-4-7(6-8)12(13)16/h1,3-5,7-12H,2,6H2/t7-,8+,9-,10+,11-,12-,16+/m0/s1. The van der Waals surface area contributed by atoms with Crippen LogP contribution in [0.1, 0.15) is 30.1 Å². The fourth-order valence-electron chi connectivity index (χ4n) is 6.00. The van der Waals surface area contributed by atoms with Crippen LogP contribution in [0.25, 0.3) is 0 Å². The molecule has 0 amide bonds. The number of nitrogens with zero attached hydrogens (tertiary/aromatic N) is 4. The smallest absolute Gasteiger partial charge is 0.311 e. The molecule has 0 saturated heterocycles. The van der Waals surface area contributed by atoms with Crippen LogP contribution in [0.15, 0.2) is 28.9 Å². The lowest BCUT2D eigenvalue weighted by Crippen LogP contribution is -2.60. The molecule has 2 bridgehead atoms. The number of rotatable bonds is 1. The summed E-state index contributed by atoms with van der Waals surface area (Å²) in [5.41, 5.74) is -1.21. The third-order valence-electron chi connectivity index (χ3n) is 6.86. The predicted molar refractivity (Wildman–Crippen MR) is 81.9 cm³/mol. The van der Waals surface area contributed by atoms with Crippen LogP contribution in [0.5, 0.6) is 0 Å². The number of aromatic nitrogens is 2. The molecule has 2 heterocycles. The van der Waals surface area contributed by atoms with Gasteiger partial charge in [0.1, 0.15) is 11.8 Å². The predicted octanol–water partition coefficient (Wildman–Crippen LogP) is 0.540. The van der Waals surface area contributed by atoms with Crippen molar-refractivity contribution in [2.24, 2.45) is 23.7 Å². The fourth-order valence-corrected chi connectivity index (χ4v) is 6.00. The van der Waals surface area contributed by atoms with Crippen LogP contribution in [-0.2, 0) is 10.4 Å². The molecule has 10 heteroatoms. The molecule has 1 aromatic heterocycles. The topological polar surface area (TPSA) is 131 Å². The first-order valence-corrected chi connectivity index (χ1v) is 8.65. The van der Waals surface area contributed by atoms with Crippen molar-refractivity contribution in [3.05, 3.63) is 56.2 Å². The van der Waals surface area contributed by atoms with Crippen molar-refractivity contribution >= 4 is 5.71 Å². The summed E-state index contributed by atoms with van der Waals surface area (Å²) in [5.74, 6) is -2.03. The van der Waals surface area contributed by atoms with Crippen LogP contribution >= 0.6 is 0 Å². The van der Waals surface area contributed by atoms with E-state index in [1.165, 1.54) is 0 Å². The Kier molecular flexibility index (Phi) is 2.33. The first-order chi connectivity index (χ1) is 12.5. The molecule has 4 aliphatic carbocycles. The third-order valence-corrected chi connectivity index (χ3v) is 6.86. The molecular weight excluding hydrogens is 344 g/mol. The molecule has 1 saturated carbocycles. The second-order valence-corrected chi connectivity index (χ2v) is 7.67. The summed E-state index contributed by atoms with van der Waals surface area (Å²) in [6, 6.07) is 0. The Morgan fingerprint density at radius 3 is 2.96 bits per heavy atom. The molecule has 134 valence electrons. The first kappa shape index (κ1) is 14.3. The van der Waals surface area contributed by atoms with Crippen molar-refractivity contribution in [3.63, 3.8) is 0 Å². The van der Waals surface area contributed by atoms with Crippen LogP contribution in [-0.4, -0.2) is 26.8 Å². The van der Waals surface area contributed by atoms with Crippen molar-refractivity contribution in [1.29, 1.82) is 0 Å². The summed E-state index contributed by atoms with van der Waals surface area (Å²) in [4.78, 5) is 18.1. The first-order valence-electron chi connectivity index (χ1n) is 8.65. The highest BCUT2D eigenvalue weighted by Crippen LogP contribution is 2.63. The molecule has 0 aromatic carbocycles. The van der Waals surface area contributed by atoms with Gasteiger partial charge in [-0.05, 0) is 23.7 Å². The van der Waals surface area contributed by atoms with E-state index in [4.69, 9.17) is 9.47 Å². The van der Waals surface area contributed by atoms with Gasteiger partial charge in [0.05, 0.1) is 12.0 Å². The van der Waals surface area contributed by atoms with Crippen LogP contribution < -0.4 is 4.90 Å². The minimum Gasteiger partial charge on any atom is -0.396 e. The second kappa shape index (κ2) is 4.25. The lowest BCUT2D eigenvalue weighted by Gasteiger charge is -2.41. The van der Waals surface area contributed by atoms with Crippen molar-refractivity contribution < 1.29 is 24.2 Å². The van der Waals surface area contributed by atoms with Gasteiger partial charge in [0.25, 0.3) is 5.69 Å². The maximum absolute atomic E-state index is 12.8. The van der Waals surface area contributed by atoms with Crippen molar-refractivity contribution in [2.45, 2.75) is 30.4 Å². The van der Waals surface area contributed by atoms with E-state index in [9.17, 15) is 20.5 Å². The monoisotopic (exact) mass is 358 g/mol. The van der Waals surface area contributed by atoms with Crippen molar-refractivity contribution in [1.82, 2.24) is 5.16 Å². The summed E-state index contributed by atoms with van der Waals surface area (Å²) >= 11 is 0. The van der Waals surface area contributed by atoms with Crippen LogP contribution in [0, 0.1) is 44.2 Å². The van der Waals surface area contributed by atoms with Crippen molar-refractivity contribution in [3.8, 4) is 0 Å². The summed E-state index contributed by atoms with van der Waals surface area (Å²) in [6.07, 6.45) is 8.16. The SMILES string of the molecule is O=[N+]([O-])[C@@]12c3no[n+]([O-])c3[C@@H]3C(=[N+]([O-])O[C@@H]4C=CC[C@@H]43)[C@@H]1[C@H]1C=C[C@@H]2C1. The van der Waals surface area contributed by atoms with E-state index in [2.05, 4.69) is 5.16 Å². The van der Waals surface area contributed by atoms with E-state index < -0.39 is 29.4 Å². The maximum Gasteiger partial charge on any atom is 0.311 e. The Balaban J connectivity index is 1.70. The zero-order valence-electron chi connectivity index (χ0n) is 13.4. The number of nitro groups is 1. The molecule has 0 N–H and O–H groups in total. The zero-order chi connectivity index (χ0) is 17.8. The molecule has 7 atom stereocenters. The Bertz CT molecular complexity index is 951. The average molecular weight is 358 g/mol. The Labute approximate surface area is 146 Å². The van der Waals surface area contributed by atoms with Gasteiger partial charge in [-0.25, -0.2) is 0 Å². The molecule has 1 fully saturated rings. The molecule has 1 aliphatic heterocycles. The van der Waals surface area contributed by atoms with E-state index >= 15 is 0 Å². The van der Waals surface area contributed by atoms with Gasteiger partial charge in [0, 0.05) is 20.9 Å². The fraction of sp³-hybridized carbons (Fsp3) is 0.562. The lowest BCUT2D eigenvalue weighted by atomic mass is 9.60. The minimum absolute atomic E-state index is 0.0778. The second-order valence-electron chi connectivity index (χ2n) is 7.67. The van der Waals surface area contributed by atoms with Crippen LogP contribution in [0.3, 0.4) is 0 Å². The Morgan fingerprint density at radius 2 is 2.15 bits per heavy atom. The number of fused-ring (bicyclic) bond motifs is 12. The van der Waals surface area contributed by atoms with Gasteiger partial charge in [-0.3, -0.25) is 20.0 Å². The zero-order valence-corrected chi connectivity index (χ0v) is 13.4. The Morgan fingerprint density at radius 1 is 1.31 bits per heavy atom. The number of hydrogen-bond donors (Lipinski definition) is 0. The van der Waals surface area contributed by atoms with Gasteiger partial charge in [-0.2, -0.15) is 0 Å². The quantitative estimate of drug-likeness (QED) is 0.310. The minimum atomic E-state index is -1.65. The molecule has 10 nitrogen and oxygen atoms in total. The maximum atomic E-state index is 12.8. The van der Waals surface area contributed by atoms with E-state index in [1.807, 2.05) is 12.2 Å². The van der Waals surface area contributed by atoms with E-state index in [-0.39, 0.29) is 38.8 Å². The van der Waals surface area contributed by atoms with Crippen LogP contribution in [0.2, 0.25) is 0 Å². The summed E-state index contributed by atoms with van der Waals surface area (Å²) < 4.78 is 4.83. The molecule has 0 spiro atoms. The van der Waals surface area contributed by atoms with Crippen LogP contribution in [0.4, 0.5) is 0 Å². The highest BCUT2D eigenvalue weighted by molar-refractivity contribution is 5.93.